The van der Waals surface area contributed by atoms with Crippen LogP contribution in [0.2, 0.25) is 0 Å². The summed E-state index contributed by atoms with van der Waals surface area (Å²) in [5.41, 5.74) is 3.45. The highest BCUT2D eigenvalue weighted by Crippen LogP contribution is 2.24. The summed E-state index contributed by atoms with van der Waals surface area (Å²) in [5, 5.41) is 18.8. The molecule has 5 heteroatoms. The van der Waals surface area contributed by atoms with Crippen molar-refractivity contribution in [2.45, 2.75) is 12.8 Å². The van der Waals surface area contributed by atoms with E-state index in [4.69, 9.17) is 4.74 Å². The first kappa shape index (κ1) is 23.5. The second kappa shape index (κ2) is 11.0. The van der Waals surface area contributed by atoms with Crippen LogP contribution in [-0.4, -0.2) is 22.2 Å². The van der Waals surface area contributed by atoms with E-state index in [9.17, 15) is 19.8 Å². The summed E-state index contributed by atoms with van der Waals surface area (Å²) in [6, 6.07) is 31.8. The van der Waals surface area contributed by atoms with Gasteiger partial charge in [-0.2, -0.15) is 0 Å². The van der Waals surface area contributed by atoms with Crippen molar-refractivity contribution in [1.82, 2.24) is 0 Å². The number of allylic oxidation sites excluding steroid dienone is 1. The minimum atomic E-state index is -1.27. The van der Waals surface area contributed by atoms with Gasteiger partial charge in [0.1, 0.15) is 11.5 Å². The van der Waals surface area contributed by atoms with Gasteiger partial charge in [-0.15, -0.1) is 0 Å². The van der Waals surface area contributed by atoms with Gasteiger partial charge in [-0.25, -0.2) is 9.59 Å². The lowest BCUT2D eigenvalue weighted by Gasteiger charge is -2.11. The molecule has 0 aliphatic carbocycles. The van der Waals surface area contributed by atoms with Crippen molar-refractivity contribution in [2.75, 3.05) is 0 Å². The number of hydrogen-bond acceptors (Lipinski definition) is 3. The van der Waals surface area contributed by atoms with E-state index in [1.807, 2.05) is 91.0 Å². The van der Waals surface area contributed by atoms with Gasteiger partial charge < -0.3 is 14.9 Å². The lowest BCUT2D eigenvalue weighted by molar-refractivity contribution is 0.0651. The molecule has 4 rings (SSSR count). The van der Waals surface area contributed by atoms with Gasteiger partial charge in [-0.3, -0.25) is 0 Å². The van der Waals surface area contributed by atoms with Crippen LogP contribution in [0.5, 0.6) is 11.5 Å². The summed E-state index contributed by atoms with van der Waals surface area (Å²) in [4.78, 5) is 23.0. The normalized spacial score (nSPS) is 11.1. The minimum absolute atomic E-state index is 0.228. The highest BCUT2D eigenvalue weighted by molar-refractivity contribution is 6.02. The van der Waals surface area contributed by atoms with Crippen molar-refractivity contribution < 1.29 is 24.5 Å². The number of carboxylic acid groups (broad SMARTS) is 2. The summed E-state index contributed by atoms with van der Waals surface area (Å²) < 4.78 is 5.88. The SMILES string of the molecule is O=C(O)c1ccc(C=C(Cc2ccccc2)Cc2ccc(Oc3ccccc3)cc2)cc1C(=O)O. The van der Waals surface area contributed by atoms with Crippen LogP contribution in [0.15, 0.2) is 109 Å². The molecule has 0 unspecified atom stereocenters. The summed E-state index contributed by atoms with van der Waals surface area (Å²) in [6.07, 6.45) is 3.25. The molecule has 0 atom stereocenters. The molecule has 0 heterocycles. The Bertz CT molecular complexity index is 1340. The maximum Gasteiger partial charge on any atom is 0.336 e. The molecule has 0 fully saturated rings. The zero-order valence-corrected chi connectivity index (χ0v) is 18.9. The molecule has 35 heavy (non-hydrogen) atoms. The molecule has 0 radical (unpaired) electrons. The fraction of sp³-hybridized carbons (Fsp3) is 0.0667. The fourth-order valence-electron chi connectivity index (χ4n) is 3.84. The molecule has 0 spiro atoms. The Balaban J connectivity index is 1.61. The number of hydrogen-bond donors (Lipinski definition) is 2. The second-order valence-corrected chi connectivity index (χ2v) is 8.12. The van der Waals surface area contributed by atoms with Crippen LogP contribution in [0.25, 0.3) is 6.08 Å². The van der Waals surface area contributed by atoms with E-state index in [0.717, 1.165) is 28.2 Å². The quantitative estimate of drug-likeness (QED) is 0.286. The standard InChI is InChI=1S/C30H24O5/c31-29(32)27-16-13-23(20-28(27)30(33)34)19-24(17-21-7-3-1-4-8-21)18-22-11-14-26(15-12-22)35-25-9-5-2-6-10-25/h1-16,19-20H,17-18H2,(H,31,32)(H,33,34). The van der Waals surface area contributed by atoms with Crippen molar-refractivity contribution in [1.29, 1.82) is 0 Å². The smallest absolute Gasteiger partial charge is 0.336 e. The fourth-order valence-corrected chi connectivity index (χ4v) is 3.84. The van der Waals surface area contributed by atoms with Crippen molar-refractivity contribution in [2.24, 2.45) is 0 Å². The summed E-state index contributed by atoms with van der Waals surface area (Å²) in [5.74, 6) is -1.02. The first-order valence-corrected chi connectivity index (χ1v) is 11.1. The van der Waals surface area contributed by atoms with E-state index < -0.39 is 11.9 Å². The molecule has 174 valence electrons. The molecule has 0 aromatic heterocycles. The van der Waals surface area contributed by atoms with Crippen molar-refractivity contribution >= 4 is 18.0 Å². The van der Waals surface area contributed by atoms with Crippen LogP contribution < -0.4 is 4.74 Å². The average Bonchev–Trinajstić information content (AvgIpc) is 2.86. The minimum Gasteiger partial charge on any atom is -0.478 e. The highest BCUT2D eigenvalue weighted by atomic mass is 16.5. The molecule has 0 saturated carbocycles. The van der Waals surface area contributed by atoms with Crippen LogP contribution in [0.3, 0.4) is 0 Å². The first-order chi connectivity index (χ1) is 17.0. The molecule has 0 aliphatic heterocycles. The Kier molecular flexibility index (Phi) is 7.38. The maximum atomic E-state index is 11.6. The lowest BCUT2D eigenvalue weighted by atomic mass is 9.95. The summed E-state index contributed by atoms with van der Waals surface area (Å²) in [7, 11) is 0. The topological polar surface area (TPSA) is 83.8 Å². The number of carboxylic acids is 2. The molecule has 0 amide bonds. The molecule has 5 nitrogen and oxygen atoms in total. The third-order valence-electron chi connectivity index (χ3n) is 5.48. The van der Waals surface area contributed by atoms with E-state index >= 15 is 0 Å². The predicted octanol–water partition coefficient (Wildman–Crippen LogP) is 6.74. The van der Waals surface area contributed by atoms with Crippen LogP contribution in [-0.2, 0) is 12.8 Å². The van der Waals surface area contributed by atoms with E-state index in [2.05, 4.69) is 0 Å². The Hall–Kier alpha value is -4.64. The highest BCUT2D eigenvalue weighted by Gasteiger charge is 2.16. The van der Waals surface area contributed by atoms with Crippen LogP contribution in [0, 0.1) is 0 Å². The maximum absolute atomic E-state index is 11.6. The van der Waals surface area contributed by atoms with Crippen molar-refractivity contribution in [3.63, 3.8) is 0 Å². The van der Waals surface area contributed by atoms with E-state index in [1.165, 1.54) is 12.1 Å². The molecule has 2 N–H and O–H groups in total. The number of carbonyl (C=O) groups is 2. The van der Waals surface area contributed by atoms with Crippen molar-refractivity contribution in [3.05, 3.63) is 137 Å². The monoisotopic (exact) mass is 464 g/mol. The zero-order chi connectivity index (χ0) is 24.6. The largest absolute Gasteiger partial charge is 0.478 e. The molecule has 4 aromatic carbocycles. The van der Waals surface area contributed by atoms with Gasteiger partial charge in [0.25, 0.3) is 0 Å². The molecule has 0 bridgehead atoms. The Morgan fingerprint density at radius 1 is 0.629 bits per heavy atom. The van der Waals surface area contributed by atoms with Gasteiger partial charge in [0.15, 0.2) is 0 Å². The van der Waals surface area contributed by atoms with E-state index in [1.54, 1.807) is 6.07 Å². The summed E-state index contributed by atoms with van der Waals surface area (Å²) >= 11 is 0. The number of rotatable bonds is 9. The van der Waals surface area contributed by atoms with E-state index in [0.29, 0.717) is 18.4 Å². The Morgan fingerprint density at radius 2 is 1.17 bits per heavy atom. The van der Waals surface area contributed by atoms with Crippen LogP contribution in [0.1, 0.15) is 37.4 Å². The number of aromatic carboxylic acids is 2. The average molecular weight is 465 g/mol. The van der Waals surface area contributed by atoms with Crippen LogP contribution >= 0.6 is 0 Å². The van der Waals surface area contributed by atoms with Gasteiger partial charge >= 0.3 is 11.9 Å². The second-order valence-electron chi connectivity index (χ2n) is 8.12. The first-order valence-electron chi connectivity index (χ1n) is 11.1. The molecular weight excluding hydrogens is 440 g/mol. The molecule has 0 aliphatic rings. The lowest BCUT2D eigenvalue weighted by Crippen LogP contribution is -2.08. The predicted molar refractivity (Wildman–Crippen MR) is 135 cm³/mol. The van der Waals surface area contributed by atoms with Crippen molar-refractivity contribution in [3.8, 4) is 11.5 Å². The van der Waals surface area contributed by atoms with Gasteiger partial charge in [0, 0.05) is 0 Å². The van der Waals surface area contributed by atoms with Gasteiger partial charge in [0.05, 0.1) is 11.1 Å². The molecule has 4 aromatic rings. The van der Waals surface area contributed by atoms with Gasteiger partial charge in [-0.05, 0) is 65.9 Å². The number of para-hydroxylation sites is 1. The zero-order valence-electron chi connectivity index (χ0n) is 18.9. The Labute approximate surface area is 203 Å². The molecule has 0 saturated heterocycles. The third-order valence-corrected chi connectivity index (χ3v) is 5.48. The van der Waals surface area contributed by atoms with E-state index in [-0.39, 0.29) is 11.1 Å². The Morgan fingerprint density at radius 3 is 1.77 bits per heavy atom. The number of ether oxygens (including phenoxy) is 1. The third kappa shape index (κ3) is 6.45. The van der Waals surface area contributed by atoms with Gasteiger partial charge in [-0.1, -0.05) is 78.4 Å². The molecular formula is C30H24O5. The van der Waals surface area contributed by atoms with Gasteiger partial charge in [0.2, 0.25) is 0 Å². The van der Waals surface area contributed by atoms with Crippen LogP contribution in [0.4, 0.5) is 0 Å². The summed E-state index contributed by atoms with van der Waals surface area (Å²) in [6.45, 7) is 0. The number of benzene rings is 4.